The molecule has 7 rings (SSSR count). The molecule has 4 heterocycles. The van der Waals surface area contributed by atoms with Crippen LogP contribution in [0.15, 0.2) is 42.6 Å². The number of allylic oxidation sites excluding steroid dienone is 1. The molecule has 5 unspecified atom stereocenters. The SMILES string of the molecule is COc1ccc2c(OC3CC4C(=O)NC5(C(=O)NS(=O)(=O)C6CC6)CC5C=CCCCCOC(C)C(=O)N4C3)cc(-n3ccc(C)n3)nc2c1Cl. The molecule has 5 atom stereocenters. The van der Waals surface area contributed by atoms with Crippen molar-refractivity contribution >= 4 is 50.2 Å². The molecule has 3 amide bonds. The van der Waals surface area contributed by atoms with Gasteiger partial charge < -0.3 is 24.4 Å². The van der Waals surface area contributed by atoms with Crippen molar-refractivity contribution in [2.75, 3.05) is 20.3 Å². The summed E-state index contributed by atoms with van der Waals surface area (Å²) in [6, 6.07) is 6.02. The van der Waals surface area contributed by atoms with Gasteiger partial charge in [-0.3, -0.25) is 19.1 Å². The standard InChI is InChI=1S/C35H41ClN6O8S/c1-20-13-14-42(39-20)29-17-28(25-11-12-27(48-3)30(36)31(25)37-29)50-23-16-26-32(43)38-35(34(45)40-51(46,47)24-9-10-24)18-22(35)8-6-4-5-7-15-49-21(2)33(44)41(26)19-23/h6,8,11-14,17,21-24,26H,4-5,7,9-10,15-16,18-19H2,1-3H3,(H,38,43)(H,40,45). The van der Waals surface area contributed by atoms with E-state index < -0.39 is 62.7 Å². The zero-order valence-electron chi connectivity index (χ0n) is 28.6. The number of aryl methyl sites for hydroxylation is 1. The molecular weight excluding hydrogens is 700 g/mol. The number of carbonyl (C=O) groups excluding carboxylic acids is 3. The van der Waals surface area contributed by atoms with E-state index in [0.29, 0.717) is 60.5 Å². The Balaban J connectivity index is 1.21. The minimum atomic E-state index is -3.86. The quantitative estimate of drug-likeness (QED) is 0.343. The molecule has 51 heavy (non-hydrogen) atoms. The smallest absolute Gasteiger partial charge is 0.259 e. The van der Waals surface area contributed by atoms with E-state index in [-0.39, 0.29) is 24.4 Å². The van der Waals surface area contributed by atoms with Crippen LogP contribution in [0, 0.1) is 12.8 Å². The number of fused-ring (bicyclic) bond motifs is 3. The fourth-order valence-corrected chi connectivity index (χ4v) is 8.47. The lowest BCUT2D eigenvalue weighted by atomic mass is 10.1. The highest BCUT2D eigenvalue weighted by atomic mass is 35.5. The molecule has 4 aliphatic rings. The molecule has 0 bridgehead atoms. The normalized spacial score (nSPS) is 27.2. The summed E-state index contributed by atoms with van der Waals surface area (Å²) in [5.74, 6) is -0.863. The molecule has 2 N–H and O–H groups in total. The van der Waals surface area contributed by atoms with Crippen molar-refractivity contribution < 1.29 is 37.0 Å². The predicted molar refractivity (Wildman–Crippen MR) is 187 cm³/mol. The third kappa shape index (κ3) is 7.03. The summed E-state index contributed by atoms with van der Waals surface area (Å²) in [6.45, 7) is 3.93. The molecule has 3 fully saturated rings. The molecule has 2 saturated carbocycles. The van der Waals surface area contributed by atoms with Gasteiger partial charge in [0.2, 0.25) is 15.9 Å². The Bertz CT molecular complexity index is 2020. The monoisotopic (exact) mass is 740 g/mol. The van der Waals surface area contributed by atoms with Gasteiger partial charge in [-0.25, -0.2) is 18.1 Å². The number of amides is 3. The molecule has 3 aromatic rings. The topological polar surface area (TPSA) is 171 Å². The zero-order valence-corrected chi connectivity index (χ0v) is 30.2. The number of nitrogens with zero attached hydrogens (tertiary/aromatic N) is 4. The predicted octanol–water partition coefficient (Wildman–Crippen LogP) is 3.37. The van der Waals surface area contributed by atoms with Crippen LogP contribution in [0.4, 0.5) is 0 Å². The van der Waals surface area contributed by atoms with E-state index in [1.807, 2.05) is 25.1 Å². The van der Waals surface area contributed by atoms with Crippen LogP contribution in [0.5, 0.6) is 11.5 Å². The minimum absolute atomic E-state index is 0.0487. The van der Waals surface area contributed by atoms with Crippen molar-refractivity contribution in [2.45, 2.75) is 87.8 Å². The summed E-state index contributed by atoms with van der Waals surface area (Å²) in [6.07, 6.45) is 7.60. The number of methoxy groups -OCH3 is 1. The van der Waals surface area contributed by atoms with Crippen LogP contribution in [0.3, 0.4) is 0 Å². The maximum Gasteiger partial charge on any atom is 0.259 e. The minimum Gasteiger partial charge on any atom is -0.495 e. The Labute approximate surface area is 300 Å². The van der Waals surface area contributed by atoms with Crippen LogP contribution < -0.4 is 19.5 Å². The van der Waals surface area contributed by atoms with Crippen molar-refractivity contribution in [1.82, 2.24) is 29.7 Å². The molecule has 2 aliphatic heterocycles. The Kier molecular flexibility index (Phi) is 9.48. The lowest BCUT2D eigenvalue weighted by molar-refractivity contribution is -0.147. The van der Waals surface area contributed by atoms with Gasteiger partial charge in [0.25, 0.3) is 11.8 Å². The zero-order chi connectivity index (χ0) is 36.1. The molecule has 272 valence electrons. The van der Waals surface area contributed by atoms with Crippen molar-refractivity contribution in [2.24, 2.45) is 5.92 Å². The maximum absolute atomic E-state index is 14.2. The number of benzene rings is 1. The van der Waals surface area contributed by atoms with Gasteiger partial charge in [-0.15, -0.1) is 0 Å². The molecule has 1 saturated heterocycles. The van der Waals surface area contributed by atoms with E-state index in [4.69, 9.17) is 30.8 Å². The fraction of sp³-hybridized carbons (Fsp3) is 0.514. The average Bonchev–Trinajstić information content (AvgIpc) is 3.99. The molecule has 2 aromatic heterocycles. The van der Waals surface area contributed by atoms with Crippen LogP contribution in [0.2, 0.25) is 5.02 Å². The van der Waals surface area contributed by atoms with Crippen LogP contribution in [-0.2, 0) is 29.1 Å². The molecule has 0 spiro atoms. The molecule has 14 nitrogen and oxygen atoms in total. The number of sulfonamides is 1. The highest BCUT2D eigenvalue weighted by Gasteiger charge is 2.62. The highest BCUT2D eigenvalue weighted by molar-refractivity contribution is 7.91. The van der Waals surface area contributed by atoms with Gasteiger partial charge >= 0.3 is 0 Å². The Morgan fingerprint density at radius 3 is 2.71 bits per heavy atom. The van der Waals surface area contributed by atoms with E-state index in [2.05, 4.69) is 15.1 Å². The third-order valence-corrected chi connectivity index (χ3v) is 12.1. The second-order valence-corrected chi connectivity index (χ2v) is 16.1. The van der Waals surface area contributed by atoms with Crippen LogP contribution >= 0.6 is 11.6 Å². The third-order valence-electron chi connectivity index (χ3n) is 9.97. The molecule has 1 aromatic carbocycles. The number of ether oxygens (including phenoxy) is 3. The van der Waals surface area contributed by atoms with E-state index in [9.17, 15) is 22.8 Å². The number of halogens is 1. The van der Waals surface area contributed by atoms with Crippen LogP contribution in [-0.4, -0.2) is 95.1 Å². The Morgan fingerprint density at radius 1 is 1.18 bits per heavy atom. The number of hydrogen-bond donors (Lipinski definition) is 2. The second kappa shape index (κ2) is 13.7. The molecule has 2 aliphatic carbocycles. The number of carbonyl (C=O) groups is 3. The van der Waals surface area contributed by atoms with Crippen LogP contribution in [0.1, 0.15) is 57.6 Å². The average molecular weight is 741 g/mol. The molecule has 0 radical (unpaired) electrons. The highest BCUT2D eigenvalue weighted by Crippen LogP contribution is 2.46. The van der Waals surface area contributed by atoms with E-state index in [1.165, 1.54) is 12.0 Å². The summed E-state index contributed by atoms with van der Waals surface area (Å²) in [7, 11) is -2.35. The first kappa shape index (κ1) is 35.2. The second-order valence-electron chi connectivity index (χ2n) is 13.7. The largest absolute Gasteiger partial charge is 0.495 e. The van der Waals surface area contributed by atoms with Gasteiger partial charge in [0.1, 0.15) is 40.3 Å². The van der Waals surface area contributed by atoms with Gasteiger partial charge in [-0.2, -0.15) is 5.10 Å². The Morgan fingerprint density at radius 2 is 1.98 bits per heavy atom. The van der Waals surface area contributed by atoms with Gasteiger partial charge in [0.15, 0.2) is 5.82 Å². The summed E-state index contributed by atoms with van der Waals surface area (Å²) in [5.41, 5.74) is -0.260. The number of pyridine rings is 1. The van der Waals surface area contributed by atoms with E-state index in [1.54, 1.807) is 36.0 Å². The lowest BCUT2D eigenvalue weighted by Crippen LogP contribution is -2.57. The number of aromatic nitrogens is 3. The summed E-state index contributed by atoms with van der Waals surface area (Å²) < 4.78 is 47.3. The summed E-state index contributed by atoms with van der Waals surface area (Å²) in [5, 5.41) is 7.64. The maximum atomic E-state index is 14.2. The fourth-order valence-electron chi connectivity index (χ4n) is 6.82. The van der Waals surface area contributed by atoms with E-state index >= 15 is 0 Å². The summed E-state index contributed by atoms with van der Waals surface area (Å²) in [4.78, 5) is 47.9. The molecular formula is C35H41ClN6O8S. The van der Waals surface area contributed by atoms with Gasteiger partial charge in [-0.05, 0) is 70.6 Å². The van der Waals surface area contributed by atoms with Gasteiger partial charge in [0, 0.05) is 36.6 Å². The van der Waals surface area contributed by atoms with Gasteiger partial charge in [0.05, 0.1) is 30.1 Å². The van der Waals surface area contributed by atoms with Crippen LogP contribution in [0.25, 0.3) is 16.7 Å². The Hall–Kier alpha value is -4.21. The van der Waals surface area contributed by atoms with Crippen molar-refractivity contribution in [3.8, 4) is 17.3 Å². The van der Waals surface area contributed by atoms with Crippen molar-refractivity contribution in [1.29, 1.82) is 0 Å². The van der Waals surface area contributed by atoms with Crippen molar-refractivity contribution in [3.05, 3.63) is 53.3 Å². The number of nitrogens with one attached hydrogen (secondary N) is 2. The summed E-state index contributed by atoms with van der Waals surface area (Å²) >= 11 is 6.73. The first-order valence-electron chi connectivity index (χ1n) is 17.2. The first-order valence-corrected chi connectivity index (χ1v) is 19.2. The number of hydrogen-bond acceptors (Lipinski definition) is 10. The van der Waals surface area contributed by atoms with Crippen molar-refractivity contribution in [3.63, 3.8) is 0 Å². The number of rotatable bonds is 7. The van der Waals surface area contributed by atoms with E-state index in [0.717, 1.165) is 12.1 Å². The molecule has 16 heteroatoms. The first-order chi connectivity index (χ1) is 24.4. The lowest BCUT2D eigenvalue weighted by Gasteiger charge is -2.28. The van der Waals surface area contributed by atoms with Gasteiger partial charge in [-0.1, -0.05) is 23.8 Å².